The molecule has 0 saturated heterocycles. The van der Waals surface area contributed by atoms with Crippen LogP contribution in [0.15, 0.2) is 84.9 Å². The molecule has 3 aromatic rings. The highest BCUT2D eigenvalue weighted by Crippen LogP contribution is 2.30. The first-order chi connectivity index (χ1) is 18.5. The van der Waals surface area contributed by atoms with Crippen molar-refractivity contribution in [2.24, 2.45) is 5.92 Å². The van der Waals surface area contributed by atoms with Crippen molar-refractivity contribution < 1.29 is 13.9 Å². The number of hydrogen-bond donors (Lipinski definition) is 0. The van der Waals surface area contributed by atoms with Gasteiger partial charge in [0.2, 0.25) is 0 Å². The standard InChI is InChI=1S/C35H39FO2/c1-3-4-6-9-27-16-22-33(23-17-27)38-35(37)32-20-13-28(14-21-32)12-18-31-19-15-29(25-34(31)36)24-26(2)30-10-7-5-8-11-30/h3-5,7-8,10-15,18-21,25-27,33H,6,9,16-17,22-24H2,1-2H3/t26-,27?,33?/m0/s1. The van der Waals surface area contributed by atoms with Crippen LogP contribution >= 0.6 is 0 Å². The number of halogens is 1. The van der Waals surface area contributed by atoms with Crippen molar-refractivity contribution in [1.29, 1.82) is 0 Å². The van der Waals surface area contributed by atoms with Gasteiger partial charge in [0, 0.05) is 5.56 Å². The Bertz CT molecular complexity index is 1220. The summed E-state index contributed by atoms with van der Waals surface area (Å²) < 4.78 is 20.6. The summed E-state index contributed by atoms with van der Waals surface area (Å²) in [6.45, 7) is 4.23. The van der Waals surface area contributed by atoms with Crippen molar-refractivity contribution >= 4 is 18.1 Å². The third kappa shape index (κ3) is 8.02. The topological polar surface area (TPSA) is 26.3 Å². The Balaban J connectivity index is 1.27. The lowest BCUT2D eigenvalue weighted by molar-refractivity contribution is 0.0162. The lowest BCUT2D eigenvalue weighted by Crippen LogP contribution is -2.24. The normalized spacial score (nSPS) is 18.6. The van der Waals surface area contributed by atoms with Gasteiger partial charge in [-0.2, -0.15) is 0 Å². The van der Waals surface area contributed by atoms with E-state index in [0.29, 0.717) is 17.0 Å². The van der Waals surface area contributed by atoms with Crippen molar-refractivity contribution in [3.8, 4) is 0 Å². The molecule has 1 atom stereocenters. The van der Waals surface area contributed by atoms with Gasteiger partial charge >= 0.3 is 5.97 Å². The van der Waals surface area contributed by atoms with Crippen molar-refractivity contribution in [2.75, 3.05) is 0 Å². The molecule has 0 spiro atoms. The van der Waals surface area contributed by atoms with E-state index in [9.17, 15) is 9.18 Å². The molecular formula is C35H39FO2. The van der Waals surface area contributed by atoms with Gasteiger partial charge in [-0.1, -0.05) is 85.8 Å². The van der Waals surface area contributed by atoms with E-state index in [1.807, 2.05) is 48.5 Å². The van der Waals surface area contributed by atoms with Crippen LogP contribution in [0.3, 0.4) is 0 Å². The van der Waals surface area contributed by atoms with Gasteiger partial charge in [-0.3, -0.25) is 0 Å². The van der Waals surface area contributed by atoms with Crippen LogP contribution in [0, 0.1) is 11.7 Å². The zero-order chi connectivity index (χ0) is 26.7. The first-order valence-corrected chi connectivity index (χ1v) is 14.0. The Hall–Kier alpha value is -3.46. The molecule has 38 heavy (non-hydrogen) atoms. The molecule has 0 heterocycles. The molecular weight excluding hydrogens is 471 g/mol. The molecule has 0 unspecified atom stereocenters. The molecule has 0 N–H and O–H groups in total. The zero-order valence-corrected chi connectivity index (χ0v) is 22.6. The van der Waals surface area contributed by atoms with Crippen LogP contribution < -0.4 is 0 Å². The molecule has 3 aromatic carbocycles. The molecule has 0 amide bonds. The molecule has 198 valence electrons. The van der Waals surface area contributed by atoms with Crippen molar-refractivity contribution in [1.82, 2.24) is 0 Å². The molecule has 1 saturated carbocycles. The van der Waals surface area contributed by atoms with Crippen LogP contribution in [0.2, 0.25) is 0 Å². The van der Waals surface area contributed by atoms with Gasteiger partial charge in [-0.05, 0) is 98.6 Å². The van der Waals surface area contributed by atoms with Crippen molar-refractivity contribution in [3.63, 3.8) is 0 Å². The first kappa shape index (κ1) is 27.6. The summed E-state index contributed by atoms with van der Waals surface area (Å²) >= 11 is 0. The smallest absolute Gasteiger partial charge is 0.338 e. The van der Waals surface area contributed by atoms with Gasteiger partial charge in [-0.15, -0.1) is 0 Å². The largest absolute Gasteiger partial charge is 0.459 e. The average Bonchev–Trinajstić information content (AvgIpc) is 2.94. The van der Waals surface area contributed by atoms with E-state index >= 15 is 0 Å². The van der Waals surface area contributed by atoms with Crippen molar-refractivity contribution in [3.05, 3.63) is 119 Å². The monoisotopic (exact) mass is 510 g/mol. The maximum Gasteiger partial charge on any atom is 0.338 e. The van der Waals surface area contributed by atoms with E-state index in [2.05, 4.69) is 38.1 Å². The second-order valence-electron chi connectivity index (χ2n) is 10.5. The molecule has 3 heteroatoms. The summed E-state index contributed by atoms with van der Waals surface area (Å²) in [7, 11) is 0. The molecule has 0 radical (unpaired) electrons. The van der Waals surface area contributed by atoms with E-state index < -0.39 is 0 Å². The lowest BCUT2D eigenvalue weighted by Gasteiger charge is -2.28. The quantitative estimate of drug-likeness (QED) is 0.154. The summed E-state index contributed by atoms with van der Waals surface area (Å²) in [6, 6.07) is 23.1. The van der Waals surface area contributed by atoms with Crippen LogP contribution in [0.1, 0.15) is 90.9 Å². The van der Waals surface area contributed by atoms with Gasteiger partial charge in [0.15, 0.2) is 0 Å². The minimum Gasteiger partial charge on any atom is -0.459 e. The molecule has 0 bridgehead atoms. The summed E-state index contributed by atoms with van der Waals surface area (Å²) in [6.07, 6.45) is 15.3. The number of allylic oxidation sites excluding steroid dienone is 2. The Morgan fingerprint density at radius 3 is 2.39 bits per heavy atom. The number of carbonyl (C=O) groups excluding carboxylic acids is 1. The predicted octanol–water partition coefficient (Wildman–Crippen LogP) is 9.41. The molecule has 1 fully saturated rings. The van der Waals surface area contributed by atoms with E-state index in [-0.39, 0.29) is 17.9 Å². The summed E-state index contributed by atoms with van der Waals surface area (Å²) in [4.78, 5) is 12.6. The fourth-order valence-corrected chi connectivity index (χ4v) is 5.26. The van der Waals surface area contributed by atoms with Gasteiger partial charge < -0.3 is 4.74 Å². The highest BCUT2D eigenvalue weighted by Gasteiger charge is 2.24. The molecule has 4 rings (SSSR count). The zero-order valence-electron chi connectivity index (χ0n) is 22.6. The number of ether oxygens (including phenoxy) is 1. The maximum absolute atomic E-state index is 14.8. The van der Waals surface area contributed by atoms with Crippen LogP contribution in [0.4, 0.5) is 4.39 Å². The fraction of sp³-hybridized carbons (Fsp3) is 0.343. The molecule has 1 aliphatic carbocycles. The Labute approximate surface area is 227 Å². The highest BCUT2D eigenvalue weighted by molar-refractivity contribution is 5.90. The number of carbonyl (C=O) groups is 1. The number of hydrogen-bond acceptors (Lipinski definition) is 2. The second-order valence-corrected chi connectivity index (χ2v) is 10.5. The minimum atomic E-state index is -0.260. The number of esters is 1. The Morgan fingerprint density at radius 2 is 1.71 bits per heavy atom. The van der Waals surface area contributed by atoms with Crippen molar-refractivity contribution in [2.45, 2.75) is 70.8 Å². The van der Waals surface area contributed by atoms with Gasteiger partial charge in [0.05, 0.1) is 5.56 Å². The first-order valence-electron chi connectivity index (χ1n) is 14.0. The number of rotatable bonds is 10. The van der Waals surface area contributed by atoms with Crippen LogP contribution in [0.5, 0.6) is 0 Å². The third-order valence-electron chi connectivity index (χ3n) is 7.62. The predicted molar refractivity (Wildman–Crippen MR) is 156 cm³/mol. The summed E-state index contributed by atoms with van der Waals surface area (Å²) in [5, 5.41) is 0. The molecule has 2 nitrogen and oxygen atoms in total. The lowest BCUT2D eigenvalue weighted by atomic mass is 9.84. The Morgan fingerprint density at radius 1 is 0.974 bits per heavy atom. The molecule has 0 aromatic heterocycles. The van der Waals surface area contributed by atoms with E-state index in [1.54, 1.807) is 24.3 Å². The van der Waals surface area contributed by atoms with Gasteiger partial charge in [-0.25, -0.2) is 9.18 Å². The molecule has 1 aliphatic rings. The van der Waals surface area contributed by atoms with E-state index in [0.717, 1.165) is 55.6 Å². The van der Waals surface area contributed by atoms with E-state index in [1.165, 1.54) is 12.0 Å². The summed E-state index contributed by atoms with van der Waals surface area (Å²) in [5.74, 6) is 0.580. The average molecular weight is 511 g/mol. The maximum atomic E-state index is 14.8. The van der Waals surface area contributed by atoms with Crippen LogP contribution in [0.25, 0.3) is 12.2 Å². The van der Waals surface area contributed by atoms with Gasteiger partial charge in [0.25, 0.3) is 0 Å². The van der Waals surface area contributed by atoms with Crippen LogP contribution in [-0.2, 0) is 11.2 Å². The number of benzene rings is 3. The highest BCUT2D eigenvalue weighted by atomic mass is 19.1. The molecule has 0 aliphatic heterocycles. The van der Waals surface area contributed by atoms with Crippen LogP contribution in [-0.4, -0.2) is 12.1 Å². The fourth-order valence-electron chi connectivity index (χ4n) is 5.26. The minimum absolute atomic E-state index is 0.0154. The summed E-state index contributed by atoms with van der Waals surface area (Å²) in [5.41, 5.74) is 4.25. The second kappa shape index (κ2) is 13.9. The SMILES string of the molecule is CC=CCCC1CCC(OC(=O)c2ccc(C=Cc3ccc(C[C@H](C)c4ccccc4)cc3F)cc2)CC1. The van der Waals surface area contributed by atoms with Gasteiger partial charge in [0.1, 0.15) is 11.9 Å². The van der Waals surface area contributed by atoms with E-state index in [4.69, 9.17) is 4.74 Å². The Kier molecular flexibility index (Phi) is 10.1. The third-order valence-corrected chi connectivity index (χ3v) is 7.62.